The van der Waals surface area contributed by atoms with Gasteiger partial charge in [0.25, 0.3) is 0 Å². The van der Waals surface area contributed by atoms with Gasteiger partial charge in [0.05, 0.1) is 6.54 Å². The number of rotatable bonds is 7. The number of hydrogen-bond donors (Lipinski definition) is 2. The Balaban J connectivity index is 1.67. The van der Waals surface area contributed by atoms with Gasteiger partial charge in [-0.2, -0.15) is 5.10 Å². The summed E-state index contributed by atoms with van der Waals surface area (Å²) in [6.45, 7) is 4.69. The molecule has 0 radical (unpaired) electrons. The molecule has 0 amide bonds. The predicted molar refractivity (Wildman–Crippen MR) is 93.4 cm³/mol. The highest BCUT2D eigenvalue weighted by Gasteiger charge is 2.05. The van der Waals surface area contributed by atoms with Crippen LogP contribution in [0.25, 0.3) is 0 Å². The third-order valence-electron chi connectivity index (χ3n) is 3.05. The van der Waals surface area contributed by atoms with Gasteiger partial charge in [0.1, 0.15) is 0 Å². The van der Waals surface area contributed by atoms with Crippen LogP contribution < -0.4 is 10.6 Å². The lowest BCUT2D eigenvalue weighted by Gasteiger charge is -2.16. The van der Waals surface area contributed by atoms with Crippen molar-refractivity contribution >= 4 is 17.7 Å². The minimum Gasteiger partial charge on any atom is -0.355 e. The fourth-order valence-electron chi connectivity index (χ4n) is 1.96. The molecule has 1 aromatic heterocycles. The highest BCUT2D eigenvalue weighted by molar-refractivity contribution is 8.00. The maximum atomic E-state index is 4.24. The van der Waals surface area contributed by atoms with E-state index in [-0.39, 0.29) is 0 Å². The smallest absolute Gasteiger partial charge is 0.191 e. The zero-order chi connectivity index (χ0) is 15.6. The Morgan fingerprint density at radius 1 is 1.27 bits per heavy atom. The summed E-state index contributed by atoms with van der Waals surface area (Å²) in [5, 5.41) is 11.3. The van der Waals surface area contributed by atoms with Gasteiger partial charge < -0.3 is 10.6 Å². The van der Waals surface area contributed by atoms with Crippen LogP contribution in [0.2, 0.25) is 0 Å². The van der Waals surface area contributed by atoms with Crippen LogP contribution >= 0.6 is 11.8 Å². The summed E-state index contributed by atoms with van der Waals surface area (Å²) in [6.07, 6.45) is 3.74. The molecule has 1 unspecified atom stereocenters. The summed E-state index contributed by atoms with van der Waals surface area (Å²) < 4.78 is 1.90. The van der Waals surface area contributed by atoms with E-state index >= 15 is 0 Å². The highest BCUT2D eigenvalue weighted by atomic mass is 32.2. The first-order valence-corrected chi connectivity index (χ1v) is 8.29. The third-order valence-corrected chi connectivity index (χ3v) is 4.17. The van der Waals surface area contributed by atoms with Crippen LogP contribution in [0.1, 0.15) is 6.92 Å². The maximum absolute atomic E-state index is 4.24. The lowest BCUT2D eigenvalue weighted by atomic mass is 10.4. The van der Waals surface area contributed by atoms with Gasteiger partial charge in [-0.25, -0.2) is 0 Å². The summed E-state index contributed by atoms with van der Waals surface area (Å²) in [4.78, 5) is 5.53. The Morgan fingerprint density at radius 3 is 2.77 bits per heavy atom. The fraction of sp³-hybridized carbons (Fsp3) is 0.375. The van der Waals surface area contributed by atoms with Crippen molar-refractivity contribution in [2.45, 2.75) is 23.6 Å². The van der Waals surface area contributed by atoms with Crippen LogP contribution in [0, 0.1) is 0 Å². The molecule has 1 atom stereocenters. The van der Waals surface area contributed by atoms with Crippen molar-refractivity contribution in [3.05, 3.63) is 48.8 Å². The normalized spacial score (nSPS) is 12.9. The van der Waals surface area contributed by atoms with E-state index in [1.54, 1.807) is 13.2 Å². The predicted octanol–water partition coefficient (Wildman–Crippen LogP) is 2.23. The van der Waals surface area contributed by atoms with Crippen LogP contribution in [0.4, 0.5) is 0 Å². The van der Waals surface area contributed by atoms with Gasteiger partial charge in [0.2, 0.25) is 0 Å². The first kappa shape index (κ1) is 16.4. The maximum Gasteiger partial charge on any atom is 0.191 e. The van der Waals surface area contributed by atoms with E-state index in [2.05, 4.69) is 51.9 Å². The number of guanidine groups is 1. The molecule has 0 aliphatic carbocycles. The topological polar surface area (TPSA) is 54.2 Å². The molecule has 0 aliphatic rings. The Kier molecular flexibility index (Phi) is 6.83. The van der Waals surface area contributed by atoms with Gasteiger partial charge in [-0.1, -0.05) is 25.1 Å². The van der Waals surface area contributed by atoms with Crippen LogP contribution in [-0.4, -0.2) is 41.1 Å². The molecule has 0 spiro atoms. The summed E-state index contributed by atoms with van der Waals surface area (Å²) in [7, 11) is 1.79. The molecule has 0 fully saturated rings. The van der Waals surface area contributed by atoms with Crippen molar-refractivity contribution in [3.8, 4) is 0 Å². The van der Waals surface area contributed by atoms with Crippen LogP contribution in [0.5, 0.6) is 0 Å². The molecule has 2 aromatic rings. The molecule has 0 bridgehead atoms. The lowest BCUT2D eigenvalue weighted by molar-refractivity contribution is 0.597. The van der Waals surface area contributed by atoms with Gasteiger partial charge in [0, 0.05) is 42.7 Å². The third kappa shape index (κ3) is 5.81. The Labute approximate surface area is 136 Å². The molecule has 2 N–H and O–H groups in total. The summed E-state index contributed by atoms with van der Waals surface area (Å²) in [5.74, 6) is 0.827. The zero-order valence-electron chi connectivity index (χ0n) is 13.1. The van der Waals surface area contributed by atoms with E-state index in [1.165, 1.54) is 4.90 Å². The van der Waals surface area contributed by atoms with E-state index in [0.29, 0.717) is 5.25 Å². The molecular formula is C16H23N5S. The summed E-state index contributed by atoms with van der Waals surface area (Å²) >= 11 is 1.86. The second kappa shape index (κ2) is 9.15. The molecule has 1 aromatic carbocycles. The van der Waals surface area contributed by atoms with Crippen LogP contribution in [-0.2, 0) is 6.54 Å². The van der Waals surface area contributed by atoms with Gasteiger partial charge >= 0.3 is 0 Å². The second-order valence-electron chi connectivity index (χ2n) is 4.89. The number of aromatic nitrogens is 2. The fourth-order valence-corrected chi connectivity index (χ4v) is 2.90. The van der Waals surface area contributed by atoms with Gasteiger partial charge in [-0.05, 0) is 18.2 Å². The van der Waals surface area contributed by atoms with Crippen LogP contribution in [0.3, 0.4) is 0 Å². The molecule has 6 heteroatoms. The quantitative estimate of drug-likeness (QED) is 0.467. The van der Waals surface area contributed by atoms with Crippen LogP contribution in [0.15, 0.2) is 58.7 Å². The van der Waals surface area contributed by atoms with E-state index in [4.69, 9.17) is 0 Å². The minimum absolute atomic E-state index is 0.465. The van der Waals surface area contributed by atoms with Gasteiger partial charge in [-0.3, -0.25) is 9.67 Å². The molecule has 5 nitrogen and oxygen atoms in total. The standard InChI is InChI=1S/C16H23N5S/c1-14(22-15-7-4-3-5-8-15)13-19-16(17-2)18-10-12-21-11-6-9-20-21/h3-9,11,14H,10,12-13H2,1-2H3,(H2,17,18,19). The number of nitrogens with zero attached hydrogens (tertiary/aromatic N) is 3. The first-order chi connectivity index (χ1) is 10.8. The monoisotopic (exact) mass is 317 g/mol. The van der Waals surface area contributed by atoms with E-state index in [0.717, 1.165) is 25.6 Å². The molecular weight excluding hydrogens is 294 g/mol. The Bertz CT molecular complexity index is 553. The minimum atomic E-state index is 0.465. The molecule has 2 rings (SSSR count). The average molecular weight is 317 g/mol. The van der Waals surface area contributed by atoms with E-state index in [1.807, 2.05) is 34.8 Å². The van der Waals surface area contributed by atoms with Gasteiger partial charge in [0.15, 0.2) is 5.96 Å². The van der Waals surface area contributed by atoms with Crippen molar-refractivity contribution < 1.29 is 0 Å². The van der Waals surface area contributed by atoms with Gasteiger partial charge in [-0.15, -0.1) is 11.8 Å². The zero-order valence-corrected chi connectivity index (χ0v) is 13.9. The Hall–Kier alpha value is -1.95. The van der Waals surface area contributed by atoms with Crippen molar-refractivity contribution in [1.29, 1.82) is 0 Å². The molecule has 22 heavy (non-hydrogen) atoms. The largest absolute Gasteiger partial charge is 0.355 e. The SMILES string of the molecule is CN=C(NCCn1cccn1)NCC(C)Sc1ccccc1. The number of thioether (sulfide) groups is 1. The number of nitrogens with one attached hydrogen (secondary N) is 2. The average Bonchev–Trinajstić information content (AvgIpc) is 3.05. The summed E-state index contributed by atoms with van der Waals surface area (Å²) in [6, 6.07) is 12.4. The molecule has 0 saturated heterocycles. The first-order valence-electron chi connectivity index (χ1n) is 7.41. The second-order valence-corrected chi connectivity index (χ2v) is 6.40. The molecule has 1 heterocycles. The number of benzene rings is 1. The van der Waals surface area contributed by atoms with E-state index < -0.39 is 0 Å². The molecule has 0 aliphatic heterocycles. The number of hydrogen-bond acceptors (Lipinski definition) is 3. The van der Waals surface area contributed by atoms with E-state index in [9.17, 15) is 0 Å². The highest BCUT2D eigenvalue weighted by Crippen LogP contribution is 2.21. The Morgan fingerprint density at radius 2 is 2.09 bits per heavy atom. The van der Waals surface area contributed by atoms with Crippen molar-refractivity contribution in [3.63, 3.8) is 0 Å². The van der Waals surface area contributed by atoms with Crippen molar-refractivity contribution in [2.24, 2.45) is 4.99 Å². The van der Waals surface area contributed by atoms with Crippen molar-refractivity contribution in [2.75, 3.05) is 20.1 Å². The molecule has 118 valence electrons. The lowest BCUT2D eigenvalue weighted by Crippen LogP contribution is -2.41. The molecule has 0 saturated carbocycles. The number of aliphatic imine (C=N–C) groups is 1. The van der Waals surface area contributed by atoms with Crippen molar-refractivity contribution in [1.82, 2.24) is 20.4 Å². The summed E-state index contributed by atoms with van der Waals surface area (Å²) in [5.41, 5.74) is 0.